The van der Waals surface area contributed by atoms with E-state index in [-0.39, 0.29) is 11.2 Å². The Labute approximate surface area is 187 Å². The number of rotatable bonds is 4. The van der Waals surface area contributed by atoms with Crippen LogP contribution in [0.1, 0.15) is 45.1 Å². The first-order chi connectivity index (χ1) is 15.2. The van der Waals surface area contributed by atoms with Crippen LogP contribution in [0.4, 0.5) is 10.1 Å². The Morgan fingerprint density at radius 2 is 1.81 bits per heavy atom. The highest BCUT2D eigenvalue weighted by molar-refractivity contribution is 6.10. The van der Waals surface area contributed by atoms with Crippen molar-refractivity contribution in [3.05, 3.63) is 82.5 Å². The third-order valence-electron chi connectivity index (χ3n) is 6.06. The van der Waals surface area contributed by atoms with Crippen LogP contribution < -0.4 is 15.4 Å². The van der Waals surface area contributed by atoms with Gasteiger partial charge in [-0.15, -0.1) is 0 Å². The van der Waals surface area contributed by atoms with Crippen molar-refractivity contribution in [1.29, 1.82) is 0 Å². The number of methoxy groups -OCH3 is 1. The van der Waals surface area contributed by atoms with Crippen LogP contribution >= 0.6 is 0 Å². The standard InChI is InChI=1S/C26H27FN2O3/c1-15-22(25(31)29-18-11-7-8-12-21(18)32-4)23(16-9-5-6-10-17(16)27)24-19(28-15)13-26(2,3)14-20(24)30/h5-12,23,28H,13-14H2,1-4H3,(H,29,31). The summed E-state index contributed by atoms with van der Waals surface area (Å²) in [6.07, 6.45) is 0.997. The topological polar surface area (TPSA) is 67.4 Å². The molecular weight excluding hydrogens is 407 g/mol. The number of anilines is 1. The monoisotopic (exact) mass is 434 g/mol. The molecule has 4 rings (SSSR count). The number of allylic oxidation sites excluding steroid dienone is 3. The zero-order chi connectivity index (χ0) is 23.0. The Balaban J connectivity index is 1.83. The molecule has 1 unspecified atom stereocenters. The van der Waals surface area contributed by atoms with Gasteiger partial charge in [0, 0.05) is 40.4 Å². The van der Waals surface area contributed by atoms with Gasteiger partial charge in [0.1, 0.15) is 11.6 Å². The second-order valence-corrected chi connectivity index (χ2v) is 9.11. The highest BCUT2D eigenvalue weighted by Crippen LogP contribution is 2.47. The van der Waals surface area contributed by atoms with Crippen molar-refractivity contribution in [2.24, 2.45) is 5.41 Å². The average Bonchev–Trinajstić information content (AvgIpc) is 2.72. The summed E-state index contributed by atoms with van der Waals surface area (Å²) in [4.78, 5) is 26.8. The first-order valence-corrected chi connectivity index (χ1v) is 10.6. The quantitative estimate of drug-likeness (QED) is 0.705. The number of para-hydroxylation sites is 2. The van der Waals surface area contributed by atoms with Crippen molar-refractivity contribution >= 4 is 17.4 Å². The lowest BCUT2D eigenvalue weighted by atomic mass is 9.68. The number of ketones is 1. The zero-order valence-corrected chi connectivity index (χ0v) is 18.7. The maximum absolute atomic E-state index is 15.0. The van der Waals surface area contributed by atoms with E-state index in [1.807, 2.05) is 19.9 Å². The number of dihydropyridines is 1. The minimum atomic E-state index is -0.786. The number of halogens is 1. The first kappa shape index (κ1) is 21.8. The number of carbonyl (C=O) groups is 2. The van der Waals surface area contributed by atoms with E-state index in [9.17, 15) is 14.0 Å². The first-order valence-electron chi connectivity index (χ1n) is 10.6. The van der Waals surface area contributed by atoms with Crippen molar-refractivity contribution in [3.63, 3.8) is 0 Å². The lowest BCUT2D eigenvalue weighted by Crippen LogP contribution is -2.39. The number of amides is 1. The Hall–Kier alpha value is -3.41. The van der Waals surface area contributed by atoms with E-state index in [2.05, 4.69) is 10.6 Å². The molecule has 1 aliphatic carbocycles. The zero-order valence-electron chi connectivity index (χ0n) is 18.7. The van der Waals surface area contributed by atoms with Crippen LogP contribution in [0.3, 0.4) is 0 Å². The van der Waals surface area contributed by atoms with Gasteiger partial charge in [-0.25, -0.2) is 4.39 Å². The van der Waals surface area contributed by atoms with Gasteiger partial charge < -0.3 is 15.4 Å². The van der Waals surface area contributed by atoms with E-state index in [1.165, 1.54) is 13.2 Å². The third kappa shape index (κ3) is 3.93. The molecule has 0 saturated carbocycles. The highest BCUT2D eigenvalue weighted by atomic mass is 19.1. The van der Waals surface area contributed by atoms with E-state index in [1.54, 1.807) is 43.3 Å². The Kier molecular flexibility index (Phi) is 5.63. The van der Waals surface area contributed by atoms with Gasteiger partial charge in [0.2, 0.25) is 0 Å². The molecule has 5 nitrogen and oxygen atoms in total. The summed E-state index contributed by atoms with van der Waals surface area (Å²) < 4.78 is 20.3. The molecule has 1 aliphatic heterocycles. The number of nitrogens with one attached hydrogen (secondary N) is 2. The van der Waals surface area contributed by atoms with Crippen molar-refractivity contribution in [1.82, 2.24) is 5.32 Å². The van der Waals surface area contributed by atoms with Crippen molar-refractivity contribution < 1.29 is 18.7 Å². The molecule has 2 aliphatic rings. The molecule has 32 heavy (non-hydrogen) atoms. The van der Waals surface area contributed by atoms with Crippen LogP contribution in [0.5, 0.6) is 5.75 Å². The van der Waals surface area contributed by atoms with E-state index in [0.717, 1.165) is 5.70 Å². The van der Waals surface area contributed by atoms with E-state index >= 15 is 0 Å². The average molecular weight is 435 g/mol. The normalized spacial score (nSPS) is 19.9. The SMILES string of the molecule is COc1ccccc1NC(=O)C1=C(C)NC2=C(C(=O)CC(C)(C)C2)C1c1ccccc1F. The fourth-order valence-electron chi connectivity index (χ4n) is 4.69. The molecule has 0 saturated heterocycles. The smallest absolute Gasteiger partial charge is 0.254 e. The molecule has 2 aromatic carbocycles. The van der Waals surface area contributed by atoms with E-state index in [0.29, 0.717) is 46.7 Å². The number of ether oxygens (including phenoxy) is 1. The molecule has 1 amide bonds. The van der Waals surface area contributed by atoms with Gasteiger partial charge in [-0.2, -0.15) is 0 Å². The second kappa shape index (κ2) is 8.26. The van der Waals surface area contributed by atoms with Gasteiger partial charge in [0.25, 0.3) is 5.91 Å². The molecule has 1 heterocycles. The van der Waals surface area contributed by atoms with Gasteiger partial charge in [-0.3, -0.25) is 9.59 Å². The summed E-state index contributed by atoms with van der Waals surface area (Å²) in [6, 6.07) is 13.4. The molecule has 0 aromatic heterocycles. The third-order valence-corrected chi connectivity index (χ3v) is 6.06. The molecule has 166 valence electrons. The maximum Gasteiger partial charge on any atom is 0.254 e. The predicted octanol–water partition coefficient (Wildman–Crippen LogP) is 5.08. The van der Waals surface area contributed by atoms with Gasteiger partial charge in [0.05, 0.1) is 12.8 Å². The lowest BCUT2D eigenvalue weighted by molar-refractivity contribution is -0.118. The molecule has 0 spiro atoms. The lowest BCUT2D eigenvalue weighted by Gasteiger charge is -2.39. The van der Waals surface area contributed by atoms with Crippen LogP contribution in [0.15, 0.2) is 71.1 Å². The minimum Gasteiger partial charge on any atom is -0.495 e. The fraction of sp³-hybridized carbons (Fsp3) is 0.308. The Morgan fingerprint density at radius 3 is 2.53 bits per heavy atom. The molecular formula is C26H27FN2O3. The van der Waals surface area contributed by atoms with Crippen molar-refractivity contribution in [3.8, 4) is 5.75 Å². The molecule has 2 aromatic rings. The van der Waals surface area contributed by atoms with Gasteiger partial charge in [-0.1, -0.05) is 44.2 Å². The van der Waals surface area contributed by atoms with E-state index in [4.69, 9.17) is 4.74 Å². The molecule has 6 heteroatoms. The summed E-state index contributed by atoms with van der Waals surface area (Å²) in [7, 11) is 1.53. The summed E-state index contributed by atoms with van der Waals surface area (Å²) >= 11 is 0. The molecule has 2 N–H and O–H groups in total. The predicted molar refractivity (Wildman–Crippen MR) is 122 cm³/mol. The number of hydrogen-bond donors (Lipinski definition) is 2. The van der Waals surface area contributed by atoms with Crippen LogP contribution in [0.2, 0.25) is 0 Å². The summed E-state index contributed by atoms with van der Waals surface area (Å²) in [6.45, 7) is 5.87. The maximum atomic E-state index is 15.0. The van der Waals surface area contributed by atoms with Crippen LogP contribution in [-0.4, -0.2) is 18.8 Å². The summed E-state index contributed by atoms with van der Waals surface area (Å²) in [5.41, 5.74) is 2.79. The fourth-order valence-corrected chi connectivity index (χ4v) is 4.69. The van der Waals surface area contributed by atoms with Gasteiger partial charge in [-0.05, 0) is 37.0 Å². The van der Waals surface area contributed by atoms with Crippen molar-refractivity contribution in [2.45, 2.75) is 39.5 Å². The number of hydrogen-bond acceptors (Lipinski definition) is 4. The van der Waals surface area contributed by atoms with Gasteiger partial charge in [0.15, 0.2) is 5.78 Å². The molecule has 0 radical (unpaired) electrons. The van der Waals surface area contributed by atoms with Gasteiger partial charge >= 0.3 is 0 Å². The van der Waals surface area contributed by atoms with Crippen LogP contribution in [0.25, 0.3) is 0 Å². The molecule has 0 bridgehead atoms. The number of carbonyl (C=O) groups excluding carboxylic acids is 2. The second-order valence-electron chi connectivity index (χ2n) is 9.11. The number of Topliss-reactive ketones (excluding diaryl/α,β-unsaturated/α-hetero) is 1. The highest BCUT2D eigenvalue weighted by Gasteiger charge is 2.43. The van der Waals surface area contributed by atoms with Crippen molar-refractivity contribution in [2.75, 3.05) is 12.4 Å². The minimum absolute atomic E-state index is 0.0629. The van der Waals surface area contributed by atoms with Crippen LogP contribution in [0, 0.1) is 11.2 Å². The molecule has 0 fully saturated rings. The van der Waals surface area contributed by atoms with E-state index < -0.39 is 17.6 Å². The summed E-state index contributed by atoms with van der Waals surface area (Å²) in [5, 5.41) is 6.18. The molecule has 1 atom stereocenters. The Morgan fingerprint density at radius 1 is 1.12 bits per heavy atom. The number of benzene rings is 2. The summed E-state index contributed by atoms with van der Waals surface area (Å²) in [5.74, 6) is -1.19. The Bertz CT molecular complexity index is 1160. The van der Waals surface area contributed by atoms with Crippen LogP contribution in [-0.2, 0) is 9.59 Å². The largest absolute Gasteiger partial charge is 0.495 e.